The second-order valence-electron chi connectivity index (χ2n) is 7.17. The van der Waals surface area contributed by atoms with Crippen LogP contribution in [0.5, 0.6) is 23.0 Å². The van der Waals surface area contributed by atoms with E-state index in [1.165, 1.54) is 30.3 Å². The number of rotatable bonds is 4. The number of fused-ring (bicyclic) bond motifs is 1. The fourth-order valence-corrected chi connectivity index (χ4v) is 3.37. The van der Waals surface area contributed by atoms with Gasteiger partial charge < -0.3 is 45.2 Å². The molecular formula is C21H21O10+. The number of phenolic OH excluding ortho intramolecular Hbond substituents is 3. The zero-order valence-electron chi connectivity index (χ0n) is 16.0. The van der Waals surface area contributed by atoms with Gasteiger partial charge in [-0.3, -0.25) is 0 Å². The Morgan fingerprint density at radius 2 is 1.65 bits per heavy atom. The number of ether oxygens (including phenoxy) is 2. The molecule has 0 bridgehead atoms. The van der Waals surface area contributed by atoms with Crippen molar-refractivity contribution in [2.45, 2.75) is 30.7 Å². The molecule has 10 heteroatoms. The molecule has 164 valence electrons. The highest BCUT2D eigenvalue weighted by atomic mass is 16.7. The van der Waals surface area contributed by atoms with E-state index >= 15 is 0 Å². The van der Waals surface area contributed by atoms with Crippen molar-refractivity contribution in [3.05, 3.63) is 42.5 Å². The summed E-state index contributed by atoms with van der Waals surface area (Å²) in [6, 6.07) is 9.93. The van der Waals surface area contributed by atoms with Crippen molar-refractivity contribution in [2.24, 2.45) is 0 Å². The summed E-state index contributed by atoms with van der Waals surface area (Å²) in [6.45, 7) is -0.607. The van der Waals surface area contributed by atoms with Crippen LogP contribution < -0.4 is 4.74 Å². The Morgan fingerprint density at radius 3 is 2.35 bits per heavy atom. The first-order valence-electron chi connectivity index (χ1n) is 9.38. The highest BCUT2D eigenvalue weighted by molar-refractivity contribution is 5.86. The van der Waals surface area contributed by atoms with Gasteiger partial charge in [-0.25, -0.2) is 4.42 Å². The van der Waals surface area contributed by atoms with E-state index < -0.39 is 37.3 Å². The third kappa shape index (κ3) is 3.94. The van der Waals surface area contributed by atoms with Crippen molar-refractivity contribution in [3.63, 3.8) is 0 Å². The Labute approximate surface area is 175 Å². The maximum absolute atomic E-state index is 10.2. The Balaban J connectivity index is 1.69. The first kappa shape index (κ1) is 21.1. The van der Waals surface area contributed by atoms with E-state index in [4.69, 9.17) is 13.9 Å². The molecule has 2 heterocycles. The summed E-state index contributed by atoms with van der Waals surface area (Å²) in [6.07, 6.45) is -7.34. The number of aromatic hydroxyl groups is 3. The molecule has 0 radical (unpaired) electrons. The van der Waals surface area contributed by atoms with Gasteiger partial charge in [0.2, 0.25) is 6.29 Å². The molecule has 7 N–H and O–H groups in total. The molecule has 0 amide bonds. The van der Waals surface area contributed by atoms with Crippen molar-refractivity contribution in [2.75, 3.05) is 6.61 Å². The monoisotopic (exact) mass is 433 g/mol. The van der Waals surface area contributed by atoms with Gasteiger partial charge in [-0.2, -0.15) is 0 Å². The first-order valence-corrected chi connectivity index (χ1v) is 9.38. The lowest BCUT2D eigenvalue weighted by molar-refractivity contribution is -0.277. The Hall–Kier alpha value is -3.15. The molecule has 5 unspecified atom stereocenters. The van der Waals surface area contributed by atoms with E-state index in [9.17, 15) is 35.7 Å². The third-order valence-electron chi connectivity index (χ3n) is 5.06. The van der Waals surface area contributed by atoms with Gasteiger partial charge in [0, 0.05) is 18.2 Å². The molecular weight excluding hydrogens is 412 g/mol. The minimum absolute atomic E-state index is 0.0585. The molecule has 0 spiro atoms. The quantitative estimate of drug-likeness (QED) is 0.229. The predicted octanol–water partition coefficient (Wildman–Crippen LogP) is 0.676. The van der Waals surface area contributed by atoms with Crippen LogP contribution >= 0.6 is 0 Å². The fraction of sp³-hybridized carbons (Fsp3) is 0.286. The minimum atomic E-state index is -1.62. The molecule has 2 aromatic carbocycles. The Kier molecular flexibility index (Phi) is 5.56. The SMILES string of the molecule is OCC1OC(Oc2cc(O)cc3[o+]c(-c4ccc(O)c(O)c4)ccc23)C(O)C(O)C1O. The Bertz CT molecular complexity index is 1100. The van der Waals surface area contributed by atoms with Gasteiger partial charge in [0.1, 0.15) is 41.3 Å². The summed E-state index contributed by atoms with van der Waals surface area (Å²) in [5.41, 5.74) is 0.668. The van der Waals surface area contributed by atoms with Gasteiger partial charge in [-0.1, -0.05) is 0 Å². The molecule has 0 aliphatic carbocycles. The van der Waals surface area contributed by atoms with Crippen molar-refractivity contribution in [1.29, 1.82) is 0 Å². The molecule has 1 aliphatic rings. The molecule has 0 saturated carbocycles. The smallest absolute Gasteiger partial charge is 0.368 e. The largest absolute Gasteiger partial charge is 0.507 e. The topological polar surface area (TPSA) is 171 Å². The molecule has 4 rings (SSSR count). The summed E-state index contributed by atoms with van der Waals surface area (Å²) in [5, 5.41) is 69.0. The molecule has 5 atom stereocenters. The molecule has 1 aromatic heterocycles. The van der Waals surface area contributed by atoms with Gasteiger partial charge >= 0.3 is 11.3 Å². The van der Waals surface area contributed by atoms with Crippen LogP contribution in [0.3, 0.4) is 0 Å². The van der Waals surface area contributed by atoms with Crippen molar-refractivity contribution in [1.82, 2.24) is 0 Å². The van der Waals surface area contributed by atoms with Crippen molar-refractivity contribution < 1.29 is 49.6 Å². The number of aliphatic hydroxyl groups excluding tert-OH is 4. The number of hydrogen-bond acceptors (Lipinski definition) is 9. The van der Waals surface area contributed by atoms with E-state index in [0.29, 0.717) is 16.7 Å². The lowest BCUT2D eigenvalue weighted by atomic mass is 9.99. The molecule has 1 aliphatic heterocycles. The van der Waals surface area contributed by atoms with Crippen molar-refractivity contribution >= 4 is 11.0 Å². The average molecular weight is 433 g/mol. The molecule has 31 heavy (non-hydrogen) atoms. The van der Waals surface area contributed by atoms with Gasteiger partial charge in [0.25, 0.3) is 0 Å². The first-order chi connectivity index (χ1) is 14.8. The van der Waals surface area contributed by atoms with E-state index in [1.54, 1.807) is 12.1 Å². The zero-order chi connectivity index (χ0) is 22.3. The van der Waals surface area contributed by atoms with Gasteiger partial charge in [-0.15, -0.1) is 0 Å². The predicted molar refractivity (Wildman–Crippen MR) is 105 cm³/mol. The zero-order valence-corrected chi connectivity index (χ0v) is 16.0. The second-order valence-corrected chi connectivity index (χ2v) is 7.17. The van der Waals surface area contributed by atoms with Gasteiger partial charge in [0.05, 0.1) is 18.2 Å². The van der Waals surface area contributed by atoms with Crippen LogP contribution in [0.1, 0.15) is 0 Å². The van der Waals surface area contributed by atoms with Crippen LogP contribution in [0, 0.1) is 0 Å². The van der Waals surface area contributed by atoms with E-state index in [0.717, 1.165) is 0 Å². The summed E-state index contributed by atoms with van der Waals surface area (Å²) < 4.78 is 16.8. The Morgan fingerprint density at radius 1 is 0.871 bits per heavy atom. The van der Waals surface area contributed by atoms with E-state index in [-0.39, 0.29) is 28.6 Å². The third-order valence-corrected chi connectivity index (χ3v) is 5.06. The van der Waals surface area contributed by atoms with Crippen LogP contribution in [0.15, 0.2) is 46.9 Å². The van der Waals surface area contributed by atoms with Gasteiger partial charge in [-0.05, 0) is 18.2 Å². The summed E-state index contributed by atoms with van der Waals surface area (Å²) in [4.78, 5) is 0. The normalized spacial score (nSPS) is 26.1. The van der Waals surface area contributed by atoms with Crippen molar-refractivity contribution in [3.8, 4) is 34.3 Å². The maximum Gasteiger partial charge on any atom is 0.368 e. The average Bonchev–Trinajstić information content (AvgIpc) is 2.75. The molecule has 1 fully saturated rings. The van der Waals surface area contributed by atoms with Crippen LogP contribution in [-0.4, -0.2) is 73.1 Å². The van der Waals surface area contributed by atoms with Crippen LogP contribution in [0.4, 0.5) is 0 Å². The molecule has 3 aromatic rings. The van der Waals surface area contributed by atoms with Crippen LogP contribution in [0.2, 0.25) is 0 Å². The van der Waals surface area contributed by atoms with Gasteiger partial charge in [0.15, 0.2) is 11.5 Å². The van der Waals surface area contributed by atoms with Crippen LogP contribution in [-0.2, 0) is 4.74 Å². The number of phenols is 3. The highest BCUT2D eigenvalue weighted by Crippen LogP contribution is 2.37. The lowest BCUT2D eigenvalue weighted by Crippen LogP contribution is -2.60. The van der Waals surface area contributed by atoms with E-state index in [2.05, 4.69) is 0 Å². The standard InChI is InChI=1S/C21H20O10/c22-8-17-18(26)19(27)20(28)21(31-17)30-16-7-10(23)6-15-11(16)2-4-14(29-15)9-1-3-12(24)13(25)5-9/h1-7,17-22,26-28H,8H2,(H2-,23,24,25)/p+1. The fourth-order valence-electron chi connectivity index (χ4n) is 3.37. The number of aliphatic hydroxyl groups is 4. The summed E-state index contributed by atoms with van der Waals surface area (Å²) >= 11 is 0. The second kappa shape index (κ2) is 8.17. The molecule has 1 saturated heterocycles. The highest BCUT2D eigenvalue weighted by Gasteiger charge is 2.45. The number of benzene rings is 2. The lowest BCUT2D eigenvalue weighted by Gasteiger charge is -2.39. The number of hydrogen-bond donors (Lipinski definition) is 7. The summed E-state index contributed by atoms with van der Waals surface area (Å²) in [5.74, 6) is -0.440. The van der Waals surface area contributed by atoms with Crippen LogP contribution in [0.25, 0.3) is 22.3 Å². The van der Waals surface area contributed by atoms with E-state index in [1.807, 2.05) is 0 Å². The minimum Gasteiger partial charge on any atom is -0.507 e. The maximum atomic E-state index is 10.2. The molecule has 10 nitrogen and oxygen atoms in total. The summed E-state index contributed by atoms with van der Waals surface area (Å²) in [7, 11) is 0.